The Morgan fingerprint density at radius 1 is 1.33 bits per heavy atom. The maximum atomic E-state index is 12.9. The minimum atomic E-state index is -0.0379. The molecule has 1 aliphatic heterocycles. The highest BCUT2D eigenvalue weighted by molar-refractivity contribution is 6.08. The van der Waals surface area contributed by atoms with Crippen LogP contribution in [0.25, 0.3) is 5.52 Å². The van der Waals surface area contributed by atoms with E-state index in [4.69, 9.17) is 4.74 Å². The van der Waals surface area contributed by atoms with E-state index in [9.17, 15) is 9.59 Å². The minimum Gasteiger partial charge on any atom is -0.381 e. The van der Waals surface area contributed by atoms with Crippen molar-refractivity contribution in [1.82, 2.24) is 9.38 Å². The van der Waals surface area contributed by atoms with Crippen LogP contribution < -0.4 is 0 Å². The SMILES string of the molecule is CC(=O)c1c(C)c(C(=O)C2CCOCC2)n2ccncc12. The van der Waals surface area contributed by atoms with E-state index in [0.29, 0.717) is 30.0 Å². The summed E-state index contributed by atoms with van der Waals surface area (Å²) in [6.45, 7) is 4.62. The molecule has 1 saturated heterocycles. The zero-order valence-electron chi connectivity index (χ0n) is 12.3. The minimum absolute atomic E-state index is 0.0245. The summed E-state index contributed by atoms with van der Waals surface area (Å²) in [4.78, 5) is 28.9. The maximum absolute atomic E-state index is 12.9. The molecule has 2 aromatic heterocycles. The molecule has 3 heterocycles. The number of rotatable bonds is 3. The van der Waals surface area contributed by atoms with Gasteiger partial charge >= 0.3 is 0 Å². The number of ether oxygens (including phenoxy) is 1. The third-order valence-electron chi connectivity index (χ3n) is 4.16. The molecule has 0 unspecified atom stereocenters. The van der Waals surface area contributed by atoms with E-state index >= 15 is 0 Å². The van der Waals surface area contributed by atoms with E-state index in [-0.39, 0.29) is 17.5 Å². The summed E-state index contributed by atoms with van der Waals surface area (Å²) in [6, 6.07) is 0. The van der Waals surface area contributed by atoms with Crippen LogP contribution >= 0.6 is 0 Å². The predicted octanol–water partition coefficient (Wildman–Crippen LogP) is 2.45. The van der Waals surface area contributed by atoms with Crippen LogP contribution in [-0.4, -0.2) is 34.2 Å². The van der Waals surface area contributed by atoms with Crippen LogP contribution in [0.15, 0.2) is 18.6 Å². The number of nitrogens with zero attached hydrogens (tertiary/aromatic N) is 2. The van der Waals surface area contributed by atoms with E-state index in [0.717, 1.165) is 18.4 Å². The van der Waals surface area contributed by atoms with Crippen LogP contribution in [0, 0.1) is 12.8 Å². The van der Waals surface area contributed by atoms with E-state index in [1.165, 1.54) is 6.92 Å². The molecule has 0 N–H and O–H groups in total. The van der Waals surface area contributed by atoms with Crippen molar-refractivity contribution in [2.45, 2.75) is 26.7 Å². The molecule has 0 aliphatic carbocycles. The average Bonchev–Trinajstić information content (AvgIpc) is 2.79. The Balaban J connectivity index is 2.15. The molecule has 0 saturated carbocycles. The molecule has 0 aromatic carbocycles. The van der Waals surface area contributed by atoms with Gasteiger partial charge in [0.05, 0.1) is 17.4 Å². The number of hydrogen-bond acceptors (Lipinski definition) is 4. The number of Topliss-reactive ketones (excluding diaryl/α,β-unsaturated/α-hetero) is 2. The summed E-state index contributed by atoms with van der Waals surface area (Å²) in [6.07, 6.45) is 6.51. The largest absolute Gasteiger partial charge is 0.381 e. The van der Waals surface area contributed by atoms with Crippen molar-refractivity contribution in [2.24, 2.45) is 5.92 Å². The Morgan fingerprint density at radius 3 is 2.71 bits per heavy atom. The van der Waals surface area contributed by atoms with Gasteiger partial charge in [-0.1, -0.05) is 0 Å². The molecule has 2 aromatic rings. The van der Waals surface area contributed by atoms with Gasteiger partial charge in [0.25, 0.3) is 0 Å². The van der Waals surface area contributed by atoms with Gasteiger partial charge in [-0.2, -0.15) is 0 Å². The summed E-state index contributed by atoms with van der Waals surface area (Å²) >= 11 is 0. The lowest BCUT2D eigenvalue weighted by molar-refractivity contribution is 0.0540. The van der Waals surface area contributed by atoms with Gasteiger partial charge in [0, 0.05) is 37.1 Å². The van der Waals surface area contributed by atoms with Crippen molar-refractivity contribution in [3.05, 3.63) is 35.4 Å². The number of aromatic nitrogens is 2. The Labute approximate surface area is 122 Å². The summed E-state index contributed by atoms with van der Waals surface area (Å²) in [5.74, 6) is 0.0389. The number of carbonyl (C=O) groups excluding carboxylic acids is 2. The smallest absolute Gasteiger partial charge is 0.183 e. The lowest BCUT2D eigenvalue weighted by Crippen LogP contribution is -2.25. The molecule has 1 aliphatic rings. The van der Waals surface area contributed by atoms with Gasteiger partial charge in [0.1, 0.15) is 0 Å². The zero-order valence-corrected chi connectivity index (χ0v) is 12.3. The van der Waals surface area contributed by atoms with Gasteiger partial charge in [-0.25, -0.2) is 0 Å². The van der Waals surface area contributed by atoms with Crippen molar-refractivity contribution < 1.29 is 14.3 Å². The van der Waals surface area contributed by atoms with Crippen LogP contribution in [0.1, 0.15) is 46.2 Å². The topological polar surface area (TPSA) is 60.7 Å². The Hall–Kier alpha value is -2.01. The van der Waals surface area contributed by atoms with Gasteiger partial charge in [-0.3, -0.25) is 14.6 Å². The van der Waals surface area contributed by atoms with Crippen molar-refractivity contribution in [3.63, 3.8) is 0 Å². The zero-order chi connectivity index (χ0) is 15.0. The highest BCUT2D eigenvalue weighted by Gasteiger charge is 2.29. The fourth-order valence-electron chi connectivity index (χ4n) is 3.13. The number of hydrogen-bond donors (Lipinski definition) is 0. The Morgan fingerprint density at radius 2 is 2.05 bits per heavy atom. The van der Waals surface area contributed by atoms with E-state index < -0.39 is 0 Å². The van der Waals surface area contributed by atoms with Gasteiger partial charge in [0.15, 0.2) is 11.6 Å². The van der Waals surface area contributed by atoms with E-state index in [1.54, 1.807) is 23.0 Å². The van der Waals surface area contributed by atoms with Gasteiger partial charge < -0.3 is 9.14 Å². The summed E-state index contributed by atoms with van der Waals surface area (Å²) in [5, 5.41) is 0. The van der Waals surface area contributed by atoms with Crippen molar-refractivity contribution >= 4 is 17.1 Å². The fourth-order valence-corrected chi connectivity index (χ4v) is 3.13. The lowest BCUT2D eigenvalue weighted by atomic mass is 9.91. The Kier molecular flexibility index (Phi) is 3.59. The lowest BCUT2D eigenvalue weighted by Gasteiger charge is -2.21. The second kappa shape index (κ2) is 5.41. The molecule has 3 rings (SSSR count). The molecule has 21 heavy (non-hydrogen) atoms. The Bertz CT molecular complexity index is 712. The third-order valence-corrected chi connectivity index (χ3v) is 4.16. The van der Waals surface area contributed by atoms with Crippen molar-refractivity contribution in [1.29, 1.82) is 0 Å². The molecule has 0 amide bonds. The number of ketones is 2. The van der Waals surface area contributed by atoms with E-state index in [2.05, 4.69) is 4.98 Å². The van der Waals surface area contributed by atoms with Crippen LogP contribution in [0.4, 0.5) is 0 Å². The fraction of sp³-hybridized carbons (Fsp3) is 0.438. The summed E-state index contributed by atoms with van der Waals surface area (Å²) in [5.41, 5.74) is 2.67. The molecule has 110 valence electrons. The first-order valence-electron chi connectivity index (χ1n) is 7.18. The first-order valence-corrected chi connectivity index (χ1v) is 7.18. The average molecular weight is 286 g/mol. The molecular formula is C16H18N2O3. The molecule has 0 bridgehead atoms. The summed E-state index contributed by atoms with van der Waals surface area (Å²) < 4.78 is 7.13. The second-order valence-electron chi connectivity index (χ2n) is 5.49. The highest BCUT2D eigenvalue weighted by Crippen LogP contribution is 2.28. The molecular weight excluding hydrogens is 268 g/mol. The molecule has 5 nitrogen and oxygen atoms in total. The molecule has 5 heteroatoms. The molecule has 1 fully saturated rings. The maximum Gasteiger partial charge on any atom is 0.183 e. The highest BCUT2D eigenvalue weighted by atomic mass is 16.5. The first-order chi connectivity index (χ1) is 10.1. The van der Waals surface area contributed by atoms with Crippen LogP contribution in [0.2, 0.25) is 0 Å². The van der Waals surface area contributed by atoms with Crippen LogP contribution in [0.3, 0.4) is 0 Å². The monoisotopic (exact) mass is 286 g/mol. The number of fused-ring (bicyclic) bond motifs is 1. The van der Waals surface area contributed by atoms with E-state index in [1.807, 2.05) is 6.92 Å². The third kappa shape index (κ3) is 2.27. The first kappa shape index (κ1) is 13.9. The summed E-state index contributed by atoms with van der Waals surface area (Å²) in [7, 11) is 0. The normalized spacial score (nSPS) is 16.3. The molecule has 0 atom stereocenters. The standard InChI is InChI=1S/C16H18N2O3/c1-10-14(11(2)19)13-9-17-5-6-18(13)15(10)16(20)12-3-7-21-8-4-12/h5-6,9,12H,3-4,7-8H2,1-2H3. The van der Waals surface area contributed by atoms with Gasteiger partial charge in [-0.15, -0.1) is 0 Å². The van der Waals surface area contributed by atoms with Crippen LogP contribution in [0.5, 0.6) is 0 Å². The predicted molar refractivity (Wildman–Crippen MR) is 77.8 cm³/mol. The van der Waals surface area contributed by atoms with Crippen LogP contribution in [-0.2, 0) is 4.74 Å². The van der Waals surface area contributed by atoms with Crippen molar-refractivity contribution in [3.8, 4) is 0 Å². The molecule has 0 radical (unpaired) electrons. The quantitative estimate of drug-likeness (QED) is 0.813. The van der Waals surface area contributed by atoms with Crippen molar-refractivity contribution in [2.75, 3.05) is 13.2 Å². The number of carbonyl (C=O) groups is 2. The molecule has 0 spiro atoms. The van der Waals surface area contributed by atoms with Gasteiger partial charge in [-0.05, 0) is 32.3 Å². The second-order valence-corrected chi connectivity index (χ2v) is 5.49. The van der Waals surface area contributed by atoms with Gasteiger partial charge in [0.2, 0.25) is 0 Å².